The first-order valence-electron chi connectivity index (χ1n) is 7.22. The molecule has 0 atom stereocenters. The van der Waals surface area contributed by atoms with Crippen molar-refractivity contribution in [2.45, 2.75) is 0 Å². The van der Waals surface area contributed by atoms with Gasteiger partial charge in [0.05, 0.1) is 11.7 Å². The number of rotatable bonds is 1. The summed E-state index contributed by atoms with van der Waals surface area (Å²) in [6.45, 7) is 1.38. The Morgan fingerprint density at radius 2 is 1.91 bits per heavy atom. The van der Waals surface area contributed by atoms with Crippen molar-refractivity contribution in [2.24, 2.45) is 0 Å². The first-order chi connectivity index (χ1) is 11.1. The zero-order chi connectivity index (χ0) is 16.0. The summed E-state index contributed by atoms with van der Waals surface area (Å²) in [6.07, 6.45) is 4.13. The van der Waals surface area contributed by atoms with Crippen LogP contribution >= 0.6 is 0 Å². The van der Waals surface area contributed by atoms with Gasteiger partial charge in [0.1, 0.15) is 5.69 Å². The van der Waals surface area contributed by atoms with Crippen LogP contribution in [0.2, 0.25) is 0 Å². The van der Waals surface area contributed by atoms with E-state index in [1.165, 1.54) is 4.90 Å². The molecule has 1 fully saturated rings. The summed E-state index contributed by atoms with van der Waals surface area (Å²) in [5.41, 5.74) is 2.52. The van der Waals surface area contributed by atoms with E-state index >= 15 is 0 Å². The predicted octanol–water partition coefficient (Wildman–Crippen LogP) is 0.646. The van der Waals surface area contributed by atoms with Gasteiger partial charge in [0.15, 0.2) is 11.3 Å². The van der Waals surface area contributed by atoms with E-state index in [1.807, 2.05) is 10.5 Å². The summed E-state index contributed by atoms with van der Waals surface area (Å²) in [4.78, 5) is 38.0. The molecule has 0 saturated carbocycles. The van der Waals surface area contributed by atoms with Crippen LogP contribution in [0.15, 0.2) is 24.7 Å². The second-order valence-electron chi connectivity index (χ2n) is 5.39. The van der Waals surface area contributed by atoms with Crippen LogP contribution in [-0.4, -0.2) is 72.4 Å². The first-order valence-corrected chi connectivity index (χ1v) is 7.22. The average Bonchev–Trinajstić information content (AvgIpc) is 3.19. The van der Waals surface area contributed by atoms with Gasteiger partial charge in [-0.2, -0.15) is 0 Å². The van der Waals surface area contributed by atoms with Crippen molar-refractivity contribution in [3.05, 3.63) is 30.4 Å². The van der Waals surface area contributed by atoms with E-state index in [1.54, 1.807) is 23.5 Å². The molecule has 4 rings (SSSR count). The summed E-state index contributed by atoms with van der Waals surface area (Å²) in [6, 6.07) is 1.87. The number of carboxylic acid groups (broad SMARTS) is 1. The standard InChI is InChI=1S/C14H14N6O3/c21-13(18-3-5-19(6-4-18)14(22)23)9-8-20-10-1-2-15-12(10)16-7-11(20)17-9/h1-2,7-8,15H,3-6H2,(H,22,23). The van der Waals surface area contributed by atoms with Crippen LogP contribution in [0.4, 0.5) is 4.79 Å². The van der Waals surface area contributed by atoms with Gasteiger partial charge in [0, 0.05) is 38.6 Å². The second kappa shape index (κ2) is 4.97. The Labute approximate surface area is 130 Å². The second-order valence-corrected chi connectivity index (χ2v) is 5.39. The Kier molecular flexibility index (Phi) is 2.93. The summed E-state index contributed by atoms with van der Waals surface area (Å²) >= 11 is 0. The van der Waals surface area contributed by atoms with Gasteiger partial charge in [0.2, 0.25) is 0 Å². The number of hydrogen-bond donors (Lipinski definition) is 2. The molecule has 1 aliphatic heterocycles. The number of hydrogen-bond acceptors (Lipinski definition) is 4. The van der Waals surface area contributed by atoms with Gasteiger partial charge >= 0.3 is 6.09 Å². The quantitative estimate of drug-likeness (QED) is 0.685. The number of imidazole rings is 1. The lowest BCUT2D eigenvalue weighted by Crippen LogP contribution is -2.50. The number of fused-ring (bicyclic) bond motifs is 3. The van der Waals surface area contributed by atoms with Crippen molar-refractivity contribution >= 4 is 28.8 Å². The van der Waals surface area contributed by atoms with Gasteiger partial charge < -0.3 is 19.9 Å². The number of carbonyl (C=O) groups is 2. The van der Waals surface area contributed by atoms with E-state index in [4.69, 9.17) is 5.11 Å². The molecule has 3 aromatic rings. The molecule has 118 valence electrons. The topological polar surface area (TPSA) is 107 Å². The van der Waals surface area contributed by atoms with Gasteiger partial charge in [-0.15, -0.1) is 0 Å². The lowest BCUT2D eigenvalue weighted by atomic mass is 10.3. The van der Waals surface area contributed by atoms with Gasteiger partial charge in [-0.05, 0) is 6.07 Å². The lowest BCUT2D eigenvalue weighted by Gasteiger charge is -2.32. The molecular formula is C14H14N6O3. The van der Waals surface area contributed by atoms with Crippen molar-refractivity contribution in [1.29, 1.82) is 0 Å². The van der Waals surface area contributed by atoms with Crippen molar-refractivity contribution < 1.29 is 14.7 Å². The molecule has 0 aliphatic carbocycles. The van der Waals surface area contributed by atoms with E-state index in [0.29, 0.717) is 37.5 Å². The smallest absolute Gasteiger partial charge is 0.407 e. The summed E-state index contributed by atoms with van der Waals surface area (Å²) in [5, 5.41) is 8.95. The molecule has 0 radical (unpaired) electrons. The highest BCUT2D eigenvalue weighted by atomic mass is 16.4. The molecule has 9 nitrogen and oxygen atoms in total. The average molecular weight is 314 g/mol. The largest absolute Gasteiger partial charge is 0.465 e. The van der Waals surface area contributed by atoms with Crippen LogP contribution in [0.3, 0.4) is 0 Å². The number of amides is 2. The maximum absolute atomic E-state index is 12.6. The normalized spacial score (nSPS) is 15.5. The van der Waals surface area contributed by atoms with Crippen LogP contribution < -0.4 is 0 Å². The SMILES string of the molecule is O=C(O)N1CCN(C(=O)c2cn3c(cnc4[nH]ccc43)n2)CC1. The van der Waals surface area contributed by atoms with Crippen molar-refractivity contribution in [2.75, 3.05) is 26.2 Å². The van der Waals surface area contributed by atoms with Crippen LogP contribution in [0, 0.1) is 0 Å². The Hall–Kier alpha value is -3.10. The molecule has 0 unspecified atom stereocenters. The Morgan fingerprint density at radius 3 is 2.65 bits per heavy atom. The number of nitrogens with zero attached hydrogens (tertiary/aromatic N) is 5. The fraction of sp³-hybridized carbons (Fsp3) is 0.286. The molecular weight excluding hydrogens is 300 g/mol. The fourth-order valence-electron chi connectivity index (χ4n) is 2.82. The predicted molar refractivity (Wildman–Crippen MR) is 80.3 cm³/mol. The van der Waals surface area contributed by atoms with Crippen LogP contribution in [0.25, 0.3) is 16.8 Å². The Morgan fingerprint density at radius 1 is 1.17 bits per heavy atom. The van der Waals surface area contributed by atoms with Gasteiger partial charge in [-0.25, -0.2) is 14.8 Å². The van der Waals surface area contributed by atoms with Crippen LogP contribution in [-0.2, 0) is 0 Å². The molecule has 9 heteroatoms. The molecule has 4 heterocycles. The third-order valence-electron chi connectivity index (χ3n) is 4.06. The van der Waals surface area contributed by atoms with E-state index in [2.05, 4.69) is 15.0 Å². The first kappa shape index (κ1) is 13.6. The van der Waals surface area contributed by atoms with E-state index in [0.717, 1.165) is 11.2 Å². The zero-order valence-electron chi connectivity index (χ0n) is 12.1. The molecule has 1 aliphatic rings. The summed E-state index contributed by atoms with van der Waals surface area (Å²) in [5.74, 6) is -0.192. The molecule has 1 saturated heterocycles. The molecule has 3 aromatic heterocycles. The van der Waals surface area contributed by atoms with Crippen molar-refractivity contribution in [3.63, 3.8) is 0 Å². The molecule has 0 spiro atoms. The molecule has 2 N–H and O–H groups in total. The number of piperazine rings is 1. The maximum Gasteiger partial charge on any atom is 0.407 e. The zero-order valence-corrected chi connectivity index (χ0v) is 12.1. The van der Waals surface area contributed by atoms with E-state index in [-0.39, 0.29) is 5.91 Å². The third-order valence-corrected chi connectivity index (χ3v) is 4.06. The third kappa shape index (κ3) is 2.17. The molecule has 2 amide bonds. The Bertz CT molecular complexity index is 906. The number of carbonyl (C=O) groups excluding carboxylic acids is 1. The van der Waals surface area contributed by atoms with Gasteiger partial charge in [-0.1, -0.05) is 0 Å². The van der Waals surface area contributed by atoms with E-state index in [9.17, 15) is 9.59 Å². The molecule has 23 heavy (non-hydrogen) atoms. The molecule has 0 aromatic carbocycles. The van der Waals surface area contributed by atoms with Crippen LogP contribution in [0.1, 0.15) is 10.5 Å². The fourth-order valence-corrected chi connectivity index (χ4v) is 2.82. The minimum Gasteiger partial charge on any atom is -0.465 e. The summed E-state index contributed by atoms with van der Waals surface area (Å²) in [7, 11) is 0. The summed E-state index contributed by atoms with van der Waals surface area (Å²) < 4.78 is 1.82. The number of aromatic amines is 1. The lowest BCUT2D eigenvalue weighted by molar-refractivity contribution is 0.0620. The van der Waals surface area contributed by atoms with Gasteiger partial charge in [-0.3, -0.25) is 9.20 Å². The highest BCUT2D eigenvalue weighted by Crippen LogP contribution is 2.15. The number of H-pyrrole nitrogens is 1. The number of nitrogens with one attached hydrogen (secondary N) is 1. The maximum atomic E-state index is 12.6. The minimum absolute atomic E-state index is 0.192. The van der Waals surface area contributed by atoms with Crippen molar-refractivity contribution in [1.82, 2.24) is 29.2 Å². The number of aromatic nitrogens is 4. The minimum atomic E-state index is -0.953. The monoisotopic (exact) mass is 314 g/mol. The molecule has 0 bridgehead atoms. The highest BCUT2D eigenvalue weighted by Gasteiger charge is 2.26. The van der Waals surface area contributed by atoms with E-state index < -0.39 is 6.09 Å². The van der Waals surface area contributed by atoms with Crippen LogP contribution in [0.5, 0.6) is 0 Å². The Balaban J connectivity index is 1.61. The van der Waals surface area contributed by atoms with Gasteiger partial charge in [0.25, 0.3) is 5.91 Å². The highest BCUT2D eigenvalue weighted by molar-refractivity contribution is 5.93. The van der Waals surface area contributed by atoms with Crippen molar-refractivity contribution in [3.8, 4) is 0 Å².